The number of imide groups is 1. The van der Waals surface area contributed by atoms with Crippen LogP contribution in [0.4, 0.5) is 0 Å². The Morgan fingerprint density at radius 3 is 2.09 bits per heavy atom. The second-order valence-electron chi connectivity index (χ2n) is 6.18. The van der Waals surface area contributed by atoms with Gasteiger partial charge < -0.3 is 0 Å². The summed E-state index contributed by atoms with van der Waals surface area (Å²) in [6.45, 7) is 0. The first kappa shape index (κ1) is 14.6. The Bertz CT molecular complexity index is 749. The van der Waals surface area contributed by atoms with Gasteiger partial charge in [0, 0.05) is 16.4 Å². The number of benzene rings is 2. The first-order valence-corrected chi connectivity index (χ1v) is 8.68. The van der Waals surface area contributed by atoms with E-state index in [9.17, 15) is 9.59 Å². The molecule has 2 aromatic carbocycles. The number of carbonyl (C=O) groups is 2. The molecule has 2 aliphatic rings. The van der Waals surface area contributed by atoms with Crippen molar-refractivity contribution in [3.63, 3.8) is 0 Å². The lowest BCUT2D eigenvalue weighted by Gasteiger charge is -2.28. The highest BCUT2D eigenvalue weighted by Gasteiger charge is 2.44. The van der Waals surface area contributed by atoms with Gasteiger partial charge in [-0.3, -0.25) is 14.5 Å². The highest BCUT2D eigenvalue weighted by molar-refractivity contribution is 9.10. The van der Waals surface area contributed by atoms with Crippen LogP contribution >= 0.6 is 15.9 Å². The van der Waals surface area contributed by atoms with Crippen molar-refractivity contribution in [3.8, 4) is 0 Å². The van der Waals surface area contributed by atoms with Gasteiger partial charge in [-0.25, -0.2) is 0 Å². The molecule has 1 saturated carbocycles. The van der Waals surface area contributed by atoms with Crippen molar-refractivity contribution in [1.82, 2.24) is 4.90 Å². The Hall–Kier alpha value is -1.94. The van der Waals surface area contributed by atoms with Crippen LogP contribution in [0.5, 0.6) is 0 Å². The smallest absolute Gasteiger partial charge is 0.261 e. The maximum Gasteiger partial charge on any atom is 0.261 e. The normalized spacial score (nSPS) is 23.4. The number of amides is 2. The zero-order valence-electron chi connectivity index (χ0n) is 12.5. The first-order chi connectivity index (χ1) is 11.2. The Morgan fingerprint density at radius 1 is 0.870 bits per heavy atom. The quantitative estimate of drug-likeness (QED) is 0.736. The third kappa shape index (κ3) is 2.32. The van der Waals surface area contributed by atoms with E-state index in [0.29, 0.717) is 11.1 Å². The van der Waals surface area contributed by atoms with Crippen LogP contribution in [-0.4, -0.2) is 22.8 Å². The molecule has 2 unspecified atom stereocenters. The van der Waals surface area contributed by atoms with E-state index in [1.54, 1.807) is 12.1 Å². The van der Waals surface area contributed by atoms with Crippen LogP contribution in [0.1, 0.15) is 51.5 Å². The van der Waals surface area contributed by atoms with Crippen molar-refractivity contribution in [3.05, 3.63) is 69.7 Å². The molecule has 1 heterocycles. The third-order valence-electron chi connectivity index (χ3n) is 4.93. The number of nitrogens with zero attached hydrogens (tertiary/aromatic N) is 1. The lowest BCUT2D eigenvalue weighted by atomic mass is 9.93. The molecule has 2 aromatic rings. The minimum atomic E-state index is -0.139. The molecular weight excluding hydrogens is 354 g/mol. The van der Waals surface area contributed by atoms with Crippen molar-refractivity contribution < 1.29 is 9.59 Å². The summed E-state index contributed by atoms with van der Waals surface area (Å²) < 4.78 is 1.04. The lowest BCUT2D eigenvalue weighted by molar-refractivity contribution is 0.0574. The van der Waals surface area contributed by atoms with E-state index in [-0.39, 0.29) is 23.8 Å². The van der Waals surface area contributed by atoms with Gasteiger partial charge in [0.25, 0.3) is 11.8 Å². The second kappa shape index (κ2) is 5.60. The van der Waals surface area contributed by atoms with Gasteiger partial charge in [-0.2, -0.15) is 0 Å². The number of hydrogen-bond acceptors (Lipinski definition) is 2. The summed E-state index contributed by atoms with van der Waals surface area (Å²) in [5.41, 5.74) is 2.28. The van der Waals surface area contributed by atoms with E-state index < -0.39 is 0 Å². The van der Waals surface area contributed by atoms with Gasteiger partial charge in [0.15, 0.2) is 0 Å². The van der Waals surface area contributed by atoms with Crippen molar-refractivity contribution >= 4 is 27.7 Å². The number of hydrogen-bond donors (Lipinski definition) is 0. The van der Waals surface area contributed by atoms with E-state index >= 15 is 0 Å². The van der Waals surface area contributed by atoms with Crippen LogP contribution in [0.2, 0.25) is 0 Å². The summed E-state index contributed by atoms with van der Waals surface area (Å²) in [6, 6.07) is 15.3. The molecule has 0 spiro atoms. The van der Waals surface area contributed by atoms with Crippen LogP contribution in [0, 0.1) is 0 Å². The molecule has 3 nitrogen and oxygen atoms in total. The lowest BCUT2D eigenvalue weighted by Crippen LogP contribution is -2.41. The summed E-state index contributed by atoms with van der Waals surface area (Å²) in [6.07, 6.45) is 2.94. The molecule has 0 N–H and O–H groups in total. The van der Waals surface area contributed by atoms with Crippen molar-refractivity contribution in [2.75, 3.05) is 0 Å². The molecule has 0 bridgehead atoms. The summed E-state index contributed by atoms with van der Waals surface area (Å²) in [7, 11) is 0. The van der Waals surface area contributed by atoms with Crippen LogP contribution in [0.15, 0.2) is 53.0 Å². The molecule has 4 heteroatoms. The fourth-order valence-electron chi connectivity index (χ4n) is 3.86. The summed E-state index contributed by atoms with van der Waals surface area (Å²) in [5, 5.41) is 0. The predicted molar refractivity (Wildman–Crippen MR) is 91.5 cm³/mol. The van der Waals surface area contributed by atoms with Crippen LogP contribution < -0.4 is 0 Å². The Kier molecular flexibility index (Phi) is 3.57. The fraction of sp³-hybridized carbons (Fsp3) is 0.263. The Labute approximate surface area is 143 Å². The van der Waals surface area contributed by atoms with Gasteiger partial charge in [0.2, 0.25) is 0 Å². The summed E-state index contributed by atoms with van der Waals surface area (Å²) >= 11 is 3.46. The van der Waals surface area contributed by atoms with Gasteiger partial charge in [-0.1, -0.05) is 46.6 Å². The minimum absolute atomic E-state index is 0.0384. The Balaban J connectivity index is 1.69. The van der Waals surface area contributed by atoms with Crippen molar-refractivity contribution in [2.45, 2.75) is 31.2 Å². The van der Waals surface area contributed by atoms with Gasteiger partial charge in [-0.05, 0) is 42.7 Å². The first-order valence-electron chi connectivity index (χ1n) is 7.89. The topological polar surface area (TPSA) is 37.4 Å². The molecule has 1 aliphatic heterocycles. The van der Waals surface area contributed by atoms with Gasteiger partial charge in [0.1, 0.15) is 0 Å². The minimum Gasteiger partial charge on any atom is -0.271 e. The second-order valence-corrected chi connectivity index (χ2v) is 7.10. The van der Waals surface area contributed by atoms with Crippen LogP contribution in [-0.2, 0) is 0 Å². The number of rotatable bonds is 2. The molecule has 116 valence electrons. The summed E-state index contributed by atoms with van der Waals surface area (Å²) in [4.78, 5) is 26.9. The SMILES string of the molecule is O=C1c2ccccc2C(=O)N1C1CCCC1c1ccc(Br)cc1. The van der Waals surface area contributed by atoms with E-state index in [0.717, 1.165) is 23.7 Å². The molecule has 4 rings (SSSR count). The zero-order chi connectivity index (χ0) is 16.0. The highest BCUT2D eigenvalue weighted by atomic mass is 79.9. The molecular formula is C19H16BrNO2. The monoisotopic (exact) mass is 369 g/mol. The molecule has 2 amide bonds. The largest absolute Gasteiger partial charge is 0.271 e. The van der Waals surface area contributed by atoms with E-state index in [1.165, 1.54) is 10.5 Å². The molecule has 1 fully saturated rings. The van der Waals surface area contributed by atoms with E-state index in [1.807, 2.05) is 24.3 Å². The van der Waals surface area contributed by atoms with Crippen LogP contribution in [0.3, 0.4) is 0 Å². The van der Waals surface area contributed by atoms with E-state index in [2.05, 4.69) is 28.1 Å². The van der Waals surface area contributed by atoms with Crippen molar-refractivity contribution in [2.24, 2.45) is 0 Å². The third-order valence-corrected chi connectivity index (χ3v) is 5.46. The van der Waals surface area contributed by atoms with Crippen molar-refractivity contribution in [1.29, 1.82) is 0 Å². The average Bonchev–Trinajstić information content (AvgIpc) is 3.13. The number of halogens is 1. The molecule has 23 heavy (non-hydrogen) atoms. The Morgan fingerprint density at radius 2 is 1.48 bits per heavy atom. The molecule has 0 aromatic heterocycles. The summed E-state index contributed by atoms with van der Waals surface area (Å²) in [5.74, 6) is -0.0514. The molecule has 0 radical (unpaired) electrons. The zero-order valence-corrected chi connectivity index (χ0v) is 14.1. The van der Waals surface area contributed by atoms with Gasteiger partial charge in [0.05, 0.1) is 11.1 Å². The van der Waals surface area contributed by atoms with Crippen LogP contribution in [0.25, 0.3) is 0 Å². The molecule has 0 saturated heterocycles. The predicted octanol–water partition coefficient (Wildman–Crippen LogP) is 4.38. The van der Waals surface area contributed by atoms with Gasteiger partial charge in [-0.15, -0.1) is 0 Å². The van der Waals surface area contributed by atoms with Gasteiger partial charge >= 0.3 is 0 Å². The number of carbonyl (C=O) groups excluding carboxylic acids is 2. The highest BCUT2D eigenvalue weighted by Crippen LogP contribution is 2.41. The number of fused-ring (bicyclic) bond motifs is 1. The van der Waals surface area contributed by atoms with E-state index in [4.69, 9.17) is 0 Å². The fourth-order valence-corrected chi connectivity index (χ4v) is 4.12. The standard InChI is InChI=1S/C19H16BrNO2/c20-13-10-8-12(9-11-13)14-6-3-7-17(14)21-18(22)15-4-1-2-5-16(15)19(21)23/h1-2,4-5,8-11,14,17H,3,6-7H2. The maximum atomic E-state index is 12.7. The average molecular weight is 370 g/mol. The molecule has 1 aliphatic carbocycles. The molecule has 2 atom stereocenters. The maximum absolute atomic E-state index is 12.7.